The fourth-order valence-corrected chi connectivity index (χ4v) is 2.58. The minimum atomic E-state index is 0.516. The Bertz CT molecular complexity index is 348. The highest BCUT2D eigenvalue weighted by Crippen LogP contribution is 2.50. The van der Waals surface area contributed by atoms with E-state index in [1.165, 1.54) is 12.8 Å². The molecule has 1 fully saturated rings. The van der Waals surface area contributed by atoms with Crippen molar-refractivity contribution in [3.8, 4) is 11.5 Å². The molecule has 88 valence electrons. The summed E-state index contributed by atoms with van der Waals surface area (Å²) in [6.07, 6.45) is 3.78. The van der Waals surface area contributed by atoms with Crippen molar-refractivity contribution < 1.29 is 9.47 Å². The zero-order valence-electron chi connectivity index (χ0n) is 9.54. The molecular formula is C13H17BrO2. The van der Waals surface area contributed by atoms with Crippen LogP contribution in [0.4, 0.5) is 0 Å². The van der Waals surface area contributed by atoms with Gasteiger partial charge in [-0.2, -0.15) is 0 Å². The monoisotopic (exact) mass is 284 g/mol. The van der Waals surface area contributed by atoms with E-state index in [4.69, 9.17) is 9.47 Å². The zero-order chi connectivity index (χ0) is 11.4. The van der Waals surface area contributed by atoms with Gasteiger partial charge in [0, 0.05) is 5.33 Å². The van der Waals surface area contributed by atoms with Crippen LogP contribution in [0.2, 0.25) is 0 Å². The molecule has 0 atom stereocenters. The topological polar surface area (TPSA) is 18.5 Å². The second-order valence-corrected chi connectivity index (χ2v) is 4.94. The molecule has 0 amide bonds. The van der Waals surface area contributed by atoms with Gasteiger partial charge in [0.25, 0.3) is 0 Å². The summed E-state index contributed by atoms with van der Waals surface area (Å²) in [7, 11) is 1.67. The van der Waals surface area contributed by atoms with Crippen molar-refractivity contribution in [2.24, 2.45) is 5.41 Å². The van der Waals surface area contributed by atoms with E-state index in [0.717, 1.165) is 29.9 Å². The van der Waals surface area contributed by atoms with Gasteiger partial charge in [-0.25, -0.2) is 0 Å². The predicted molar refractivity (Wildman–Crippen MR) is 68.6 cm³/mol. The maximum Gasteiger partial charge on any atom is 0.161 e. The summed E-state index contributed by atoms with van der Waals surface area (Å²) in [6.45, 7) is 0.770. The highest BCUT2D eigenvalue weighted by atomic mass is 79.9. The highest BCUT2D eigenvalue weighted by molar-refractivity contribution is 9.09. The predicted octanol–water partition coefficient (Wildman–Crippen LogP) is 3.64. The number of halogens is 1. The van der Waals surface area contributed by atoms with Crippen molar-refractivity contribution in [1.29, 1.82) is 0 Å². The molecule has 2 nitrogen and oxygen atoms in total. The van der Waals surface area contributed by atoms with Gasteiger partial charge in [-0.1, -0.05) is 28.1 Å². The average molecular weight is 285 g/mol. The summed E-state index contributed by atoms with van der Waals surface area (Å²) in [6, 6.07) is 7.79. The number of rotatable bonds is 6. The van der Waals surface area contributed by atoms with E-state index in [2.05, 4.69) is 15.9 Å². The maximum atomic E-state index is 5.76. The molecule has 0 aliphatic heterocycles. The van der Waals surface area contributed by atoms with Gasteiger partial charge in [-0.15, -0.1) is 0 Å². The van der Waals surface area contributed by atoms with Crippen LogP contribution in [0.25, 0.3) is 0 Å². The smallest absolute Gasteiger partial charge is 0.161 e. The van der Waals surface area contributed by atoms with Crippen molar-refractivity contribution in [1.82, 2.24) is 0 Å². The highest BCUT2D eigenvalue weighted by Gasteiger charge is 2.40. The molecule has 3 heteroatoms. The Balaban J connectivity index is 1.85. The molecule has 1 saturated carbocycles. The van der Waals surface area contributed by atoms with Gasteiger partial charge in [0.15, 0.2) is 11.5 Å². The molecule has 0 bridgehead atoms. The Labute approximate surface area is 105 Å². The van der Waals surface area contributed by atoms with E-state index >= 15 is 0 Å². The van der Waals surface area contributed by atoms with E-state index in [1.54, 1.807) is 7.11 Å². The summed E-state index contributed by atoms with van der Waals surface area (Å²) < 4.78 is 11.0. The van der Waals surface area contributed by atoms with Crippen molar-refractivity contribution >= 4 is 15.9 Å². The summed E-state index contributed by atoms with van der Waals surface area (Å²) in [5.74, 6) is 1.65. The summed E-state index contributed by atoms with van der Waals surface area (Å²) in [5.41, 5.74) is 0.516. The van der Waals surface area contributed by atoms with Crippen molar-refractivity contribution in [2.75, 3.05) is 19.0 Å². The number of para-hydroxylation sites is 2. The second kappa shape index (κ2) is 5.09. The first-order valence-corrected chi connectivity index (χ1v) is 6.74. The molecule has 1 aromatic carbocycles. The molecule has 1 aliphatic carbocycles. The molecule has 0 aromatic heterocycles. The molecule has 16 heavy (non-hydrogen) atoms. The van der Waals surface area contributed by atoms with Crippen LogP contribution in [0, 0.1) is 5.41 Å². The van der Waals surface area contributed by atoms with Crippen LogP contribution in [0.1, 0.15) is 19.3 Å². The first-order chi connectivity index (χ1) is 7.79. The molecule has 0 spiro atoms. The van der Waals surface area contributed by atoms with Crippen molar-refractivity contribution in [3.63, 3.8) is 0 Å². The second-order valence-electron chi connectivity index (χ2n) is 4.38. The quantitative estimate of drug-likeness (QED) is 0.743. The van der Waals surface area contributed by atoms with Gasteiger partial charge < -0.3 is 9.47 Å². The summed E-state index contributed by atoms with van der Waals surface area (Å²) in [4.78, 5) is 0. The molecule has 0 radical (unpaired) electrons. The SMILES string of the molecule is COc1ccccc1OCCC1(CBr)CC1. The molecule has 0 unspecified atom stereocenters. The largest absolute Gasteiger partial charge is 0.493 e. The first-order valence-electron chi connectivity index (χ1n) is 5.61. The average Bonchev–Trinajstić information content (AvgIpc) is 3.10. The Kier molecular flexibility index (Phi) is 3.74. The minimum Gasteiger partial charge on any atom is -0.493 e. The van der Waals surface area contributed by atoms with Crippen LogP contribution in [0.5, 0.6) is 11.5 Å². The van der Waals surface area contributed by atoms with E-state index in [-0.39, 0.29) is 0 Å². The molecule has 1 aromatic rings. The number of benzene rings is 1. The minimum absolute atomic E-state index is 0.516. The normalized spacial score (nSPS) is 16.9. The molecule has 0 heterocycles. The van der Waals surface area contributed by atoms with Gasteiger partial charge in [-0.05, 0) is 36.8 Å². The van der Waals surface area contributed by atoms with Crippen LogP contribution in [0.15, 0.2) is 24.3 Å². The van der Waals surface area contributed by atoms with Crippen molar-refractivity contribution in [2.45, 2.75) is 19.3 Å². The molecule has 1 aliphatic rings. The lowest BCUT2D eigenvalue weighted by molar-refractivity contribution is 0.265. The van der Waals surface area contributed by atoms with Crippen LogP contribution in [-0.2, 0) is 0 Å². The van der Waals surface area contributed by atoms with Gasteiger partial charge in [0.2, 0.25) is 0 Å². The Morgan fingerprint density at radius 3 is 2.50 bits per heavy atom. The fraction of sp³-hybridized carbons (Fsp3) is 0.538. The van der Waals surface area contributed by atoms with Crippen LogP contribution in [-0.4, -0.2) is 19.0 Å². The van der Waals surface area contributed by atoms with Gasteiger partial charge in [-0.3, -0.25) is 0 Å². The third-order valence-electron chi connectivity index (χ3n) is 3.20. The number of methoxy groups -OCH3 is 1. The summed E-state index contributed by atoms with van der Waals surface area (Å²) in [5, 5.41) is 1.09. The van der Waals surface area contributed by atoms with Crippen molar-refractivity contribution in [3.05, 3.63) is 24.3 Å². The van der Waals surface area contributed by atoms with Gasteiger partial charge >= 0.3 is 0 Å². The number of ether oxygens (including phenoxy) is 2. The van der Waals surface area contributed by atoms with Gasteiger partial charge in [0.1, 0.15) is 0 Å². The summed E-state index contributed by atoms with van der Waals surface area (Å²) >= 11 is 3.57. The van der Waals surface area contributed by atoms with Crippen LogP contribution < -0.4 is 9.47 Å². The fourth-order valence-electron chi connectivity index (χ4n) is 1.74. The first kappa shape index (κ1) is 11.8. The molecule has 0 saturated heterocycles. The molecular weight excluding hydrogens is 268 g/mol. The lowest BCUT2D eigenvalue weighted by atomic mass is 10.1. The Morgan fingerprint density at radius 1 is 1.25 bits per heavy atom. The Hall–Kier alpha value is -0.700. The number of hydrogen-bond acceptors (Lipinski definition) is 2. The standard InChI is InChI=1S/C13H17BrO2/c1-15-11-4-2-3-5-12(11)16-9-8-13(10-14)6-7-13/h2-5H,6-10H2,1H3. The van der Waals surface area contributed by atoms with Crippen LogP contribution >= 0.6 is 15.9 Å². The lowest BCUT2D eigenvalue weighted by Gasteiger charge is -2.13. The van der Waals surface area contributed by atoms with E-state index in [0.29, 0.717) is 5.41 Å². The third-order valence-corrected chi connectivity index (χ3v) is 4.39. The molecule has 0 N–H and O–H groups in total. The number of hydrogen-bond donors (Lipinski definition) is 0. The number of alkyl halides is 1. The van der Waals surface area contributed by atoms with Crippen LogP contribution in [0.3, 0.4) is 0 Å². The Morgan fingerprint density at radius 2 is 1.94 bits per heavy atom. The zero-order valence-corrected chi connectivity index (χ0v) is 11.1. The van der Waals surface area contributed by atoms with E-state index in [1.807, 2.05) is 24.3 Å². The lowest BCUT2D eigenvalue weighted by Crippen LogP contribution is -2.09. The third kappa shape index (κ3) is 2.70. The van der Waals surface area contributed by atoms with E-state index in [9.17, 15) is 0 Å². The van der Waals surface area contributed by atoms with E-state index < -0.39 is 0 Å². The molecule has 2 rings (SSSR count). The maximum absolute atomic E-state index is 5.76. The van der Waals surface area contributed by atoms with Gasteiger partial charge in [0.05, 0.1) is 13.7 Å².